The molecule has 1 aromatic carbocycles. The van der Waals surface area contributed by atoms with E-state index in [0.29, 0.717) is 0 Å². The number of aryl methyl sites for hydroxylation is 1. The van der Waals surface area contributed by atoms with Gasteiger partial charge in [0.15, 0.2) is 5.96 Å². The Morgan fingerprint density at radius 3 is 2.50 bits per heavy atom. The molecule has 2 aliphatic heterocycles. The summed E-state index contributed by atoms with van der Waals surface area (Å²) in [6.45, 7) is 10.0. The van der Waals surface area contributed by atoms with Crippen molar-refractivity contribution in [1.82, 2.24) is 20.4 Å². The van der Waals surface area contributed by atoms with Gasteiger partial charge in [0.2, 0.25) is 0 Å². The van der Waals surface area contributed by atoms with Gasteiger partial charge in [-0.05, 0) is 78.8 Å². The first-order chi connectivity index (χ1) is 14.5. The lowest BCUT2D eigenvalue weighted by atomic mass is 9.84. The molecule has 0 aromatic heterocycles. The van der Waals surface area contributed by atoms with E-state index < -0.39 is 0 Å². The maximum Gasteiger partial charge on any atom is 0.191 e. The molecule has 0 aliphatic carbocycles. The Morgan fingerprint density at radius 2 is 1.87 bits per heavy atom. The number of hydrogen-bond acceptors (Lipinski definition) is 4. The summed E-state index contributed by atoms with van der Waals surface area (Å²) in [5.41, 5.74) is 2.62. The summed E-state index contributed by atoms with van der Waals surface area (Å²) in [5, 5.41) is 7.27. The van der Waals surface area contributed by atoms with Gasteiger partial charge in [-0.3, -0.25) is 9.89 Å². The second kappa shape index (κ2) is 10.5. The monoisotopic (exact) mass is 415 g/mol. The minimum Gasteiger partial charge on any atom is -0.496 e. The molecule has 2 N–H and O–H groups in total. The minimum absolute atomic E-state index is 0.106. The molecule has 6 heteroatoms. The van der Waals surface area contributed by atoms with Crippen molar-refractivity contribution in [1.29, 1.82) is 0 Å². The van der Waals surface area contributed by atoms with Crippen LogP contribution in [0, 0.1) is 6.92 Å². The number of piperidine rings is 2. The van der Waals surface area contributed by atoms with Gasteiger partial charge in [-0.25, -0.2) is 0 Å². The van der Waals surface area contributed by atoms with Gasteiger partial charge in [0, 0.05) is 24.7 Å². The number of hydrogen-bond donors (Lipinski definition) is 2. The summed E-state index contributed by atoms with van der Waals surface area (Å²) in [6, 6.07) is 6.43. The molecule has 1 atom stereocenters. The van der Waals surface area contributed by atoms with Crippen molar-refractivity contribution in [2.45, 2.75) is 57.5 Å². The van der Waals surface area contributed by atoms with Crippen LogP contribution in [-0.2, 0) is 0 Å². The second-order valence-corrected chi connectivity index (χ2v) is 9.11. The van der Waals surface area contributed by atoms with E-state index in [1.165, 1.54) is 63.8 Å². The maximum atomic E-state index is 5.59. The molecular formula is C24H41N5O. The van der Waals surface area contributed by atoms with E-state index in [4.69, 9.17) is 4.74 Å². The third-order valence-corrected chi connectivity index (χ3v) is 6.96. The van der Waals surface area contributed by atoms with Gasteiger partial charge in [0.25, 0.3) is 0 Å². The van der Waals surface area contributed by atoms with Crippen LogP contribution in [-0.4, -0.2) is 75.2 Å². The van der Waals surface area contributed by atoms with E-state index in [1.54, 1.807) is 7.11 Å². The zero-order valence-electron chi connectivity index (χ0n) is 19.6. The van der Waals surface area contributed by atoms with Crippen molar-refractivity contribution in [2.24, 2.45) is 4.99 Å². The Hall–Kier alpha value is -1.79. The van der Waals surface area contributed by atoms with Crippen LogP contribution in [0.25, 0.3) is 0 Å². The molecule has 0 spiro atoms. The topological polar surface area (TPSA) is 52.1 Å². The van der Waals surface area contributed by atoms with Crippen LogP contribution in [0.2, 0.25) is 0 Å². The summed E-state index contributed by atoms with van der Waals surface area (Å²) in [4.78, 5) is 9.75. The van der Waals surface area contributed by atoms with Gasteiger partial charge >= 0.3 is 0 Å². The molecule has 168 valence electrons. The smallest absolute Gasteiger partial charge is 0.191 e. The van der Waals surface area contributed by atoms with E-state index in [0.717, 1.165) is 23.8 Å². The fraction of sp³-hybridized carbons (Fsp3) is 0.708. The summed E-state index contributed by atoms with van der Waals surface area (Å²) in [7, 11) is 5.83. The van der Waals surface area contributed by atoms with Crippen molar-refractivity contribution in [3.05, 3.63) is 29.3 Å². The van der Waals surface area contributed by atoms with Crippen LogP contribution in [0.3, 0.4) is 0 Å². The van der Waals surface area contributed by atoms with Crippen LogP contribution < -0.4 is 15.4 Å². The third kappa shape index (κ3) is 5.46. The molecule has 0 amide bonds. The second-order valence-electron chi connectivity index (χ2n) is 9.11. The number of methoxy groups -OCH3 is 1. The highest BCUT2D eigenvalue weighted by molar-refractivity contribution is 5.80. The number of aliphatic imine (C=N–C) groups is 1. The fourth-order valence-electron chi connectivity index (χ4n) is 4.93. The molecule has 0 bridgehead atoms. The number of likely N-dealkylation sites (tertiary alicyclic amines) is 2. The summed E-state index contributed by atoms with van der Waals surface area (Å²) in [5.74, 6) is 1.78. The van der Waals surface area contributed by atoms with Crippen LogP contribution in [0.5, 0.6) is 5.75 Å². The highest BCUT2D eigenvalue weighted by atomic mass is 16.5. The fourth-order valence-corrected chi connectivity index (χ4v) is 4.93. The predicted octanol–water partition coefficient (Wildman–Crippen LogP) is 3.18. The molecule has 1 unspecified atom stereocenters. The largest absolute Gasteiger partial charge is 0.496 e. The number of guanidine groups is 1. The normalized spacial score (nSPS) is 21.8. The standard InChI is InChI=1S/C24H41N5O/c1-19-9-10-22(30-5)21(17-19)20(2)27-23(25-3)26-18-24(11-15-28(4)16-12-24)29-13-7-6-8-14-29/h9-10,17,20H,6-8,11-16,18H2,1-5H3,(H2,25,26,27). The van der Waals surface area contributed by atoms with Crippen molar-refractivity contribution >= 4 is 5.96 Å². The molecule has 2 heterocycles. The van der Waals surface area contributed by atoms with Crippen molar-refractivity contribution in [3.8, 4) is 5.75 Å². The van der Waals surface area contributed by atoms with E-state index in [9.17, 15) is 0 Å². The van der Waals surface area contributed by atoms with Crippen LogP contribution in [0.1, 0.15) is 56.2 Å². The quantitative estimate of drug-likeness (QED) is 0.552. The van der Waals surface area contributed by atoms with E-state index >= 15 is 0 Å². The van der Waals surface area contributed by atoms with Gasteiger partial charge in [-0.2, -0.15) is 0 Å². The maximum absolute atomic E-state index is 5.59. The van der Waals surface area contributed by atoms with Gasteiger partial charge in [-0.15, -0.1) is 0 Å². The highest BCUT2D eigenvalue weighted by Gasteiger charge is 2.39. The van der Waals surface area contributed by atoms with E-state index in [2.05, 4.69) is 58.5 Å². The average Bonchev–Trinajstić information content (AvgIpc) is 2.78. The van der Waals surface area contributed by atoms with Gasteiger partial charge in [0.05, 0.1) is 13.2 Å². The Kier molecular flexibility index (Phi) is 8.00. The Bertz CT molecular complexity index is 706. The number of benzene rings is 1. The summed E-state index contributed by atoms with van der Waals surface area (Å²) < 4.78 is 5.59. The third-order valence-electron chi connectivity index (χ3n) is 6.96. The molecule has 30 heavy (non-hydrogen) atoms. The molecule has 3 rings (SSSR count). The van der Waals surface area contributed by atoms with Crippen molar-refractivity contribution in [3.63, 3.8) is 0 Å². The van der Waals surface area contributed by atoms with Gasteiger partial charge in [-0.1, -0.05) is 24.1 Å². The number of nitrogens with zero attached hydrogens (tertiary/aromatic N) is 3. The minimum atomic E-state index is 0.106. The summed E-state index contributed by atoms with van der Waals surface area (Å²) in [6.07, 6.45) is 6.46. The lowest BCUT2D eigenvalue weighted by Gasteiger charge is -2.50. The first kappa shape index (κ1) is 22.9. The molecule has 0 radical (unpaired) electrons. The van der Waals surface area contributed by atoms with Gasteiger partial charge < -0.3 is 20.3 Å². The molecule has 2 fully saturated rings. The molecule has 0 saturated carbocycles. The zero-order valence-corrected chi connectivity index (χ0v) is 19.6. The molecule has 2 aliphatic rings. The van der Waals surface area contributed by atoms with E-state index in [1.807, 2.05) is 13.1 Å². The SMILES string of the molecule is CN=C(NCC1(N2CCCCC2)CCN(C)CC1)NC(C)c1cc(C)ccc1OC. The first-order valence-corrected chi connectivity index (χ1v) is 11.5. The first-order valence-electron chi connectivity index (χ1n) is 11.5. The van der Waals surface area contributed by atoms with Crippen LogP contribution >= 0.6 is 0 Å². The lowest BCUT2D eigenvalue weighted by Crippen LogP contribution is -2.62. The van der Waals surface area contributed by atoms with Crippen molar-refractivity contribution in [2.75, 3.05) is 53.9 Å². The number of nitrogens with one attached hydrogen (secondary N) is 2. The number of ether oxygens (including phenoxy) is 1. The summed E-state index contributed by atoms with van der Waals surface area (Å²) >= 11 is 0. The molecule has 2 saturated heterocycles. The van der Waals surface area contributed by atoms with Crippen LogP contribution in [0.15, 0.2) is 23.2 Å². The molecule has 6 nitrogen and oxygen atoms in total. The molecule has 1 aromatic rings. The average molecular weight is 416 g/mol. The zero-order chi connectivity index (χ0) is 21.6. The number of rotatable bonds is 6. The predicted molar refractivity (Wildman–Crippen MR) is 126 cm³/mol. The highest BCUT2D eigenvalue weighted by Crippen LogP contribution is 2.31. The Morgan fingerprint density at radius 1 is 1.17 bits per heavy atom. The van der Waals surface area contributed by atoms with Crippen molar-refractivity contribution < 1.29 is 4.74 Å². The molecular weight excluding hydrogens is 374 g/mol. The Balaban J connectivity index is 1.67. The Labute approximate surface area is 183 Å². The lowest BCUT2D eigenvalue weighted by molar-refractivity contribution is 0.0173. The van der Waals surface area contributed by atoms with Gasteiger partial charge in [0.1, 0.15) is 5.75 Å². The van der Waals surface area contributed by atoms with Crippen LogP contribution in [0.4, 0.5) is 0 Å². The van der Waals surface area contributed by atoms with E-state index in [-0.39, 0.29) is 11.6 Å².